The number of aliphatic hydroxyl groups excluding tert-OH is 27. The van der Waals surface area contributed by atoms with Crippen molar-refractivity contribution in [3.05, 3.63) is 25.3 Å². The first-order valence-electron chi connectivity index (χ1n) is 43.8. The fourth-order valence-electron chi connectivity index (χ4n) is 15.1. The van der Waals surface area contributed by atoms with E-state index in [9.17, 15) is 147 Å². The van der Waals surface area contributed by atoms with Crippen molar-refractivity contribution < 1.29 is 252 Å². The average Bonchev–Trinajstić information content (AvgIpc) is 0.906. The number of amides is 1. The number of rotatable bonds is 22. The molecule has 23 aliphatic heterocycles. The molecular formula is C81H151N3O51. The number of carbonyl (C=O) groups is 2. The van der Waals surface area contributed by atoms with Gasteiger partial charge in [-0.3, -0.25) is 9.59 Å². The molecule has 0 aromatic heterocycles. The predicted octanol–water partition coefficient (Wildman–Crippen LogP) is -14.0. The topological polar surface area (TPSA) is 856 Å². The number of hydrogen-bond donors (Lipinski definition) is 30. The summed E-state index contributed by atoms with van der Waals surface area (Å²) in [4.78, 5) is 21.2. The molecule has 0 radical (unpaired) electrons. The Morgan fingerprint density at radius 3 is 0.704 bits per heavy atom. The van der Waals surface area contributed by atoms with E-state index in [2.05, 4.69) is 18.5 Å². The van der Waals surface area contributed by atoms with Crippen molar-refractivity contribution in [3.8, 4) is 0 Å². The molecule has 0 aliphatic carbocycles. The van der Waals surface area contributed by atoms with E-state index in [4.69, 9.17) is 110 Å². The summed E-state index contributed by atoms with van der Waals surface area (Å²) < 4.78 is 123. The Hall–Kier alpha value is -3.42. The second kappa shape index (κ2) is 57.3. The third-order valence-corrected chi connectivity index (χ3v) is 22.0. The van der Waals surface area contributed by atoms with Crippen LogP contribution < -0.4 is 17.2 Å². The van der Waals surface area contributed by atoms with Gasteiger partial charge in [0.2, 0.25) is 5.91 Å². The lowest BCUT2D eigenvalue weighted by Crippen LogP contribution is -2.68. The Labute approximate surface area is 779 Å². The molecule has 0 spiro atoms. The molecule has 0 saturated carbocycles. The van der Waals surface area contributed by atoms with Crippen LogP contribution >= 0.6 is 0 Å². The van der Waals surface area contributed by atoms with Crippen LogP contribution in [0.15, 0.2) is 25.3 Å². The molecule has 23 aliphatic rings. The smallest absolute Gasteiger partial charge is 0.243 e. The van der Waals surface area contributed by atoms with Crippen LogP contribution in [0, 0.1) is 0 Å². The van der Waals surface area contributed by atoms with Crippen LogP contribution in [0.4, 0.5) is 0 Å². The lowest BCUT2D eigenvalue weighted by Gasteiger charge is -2.50. The molecule has 23 saturated heterocycles. The second-order valence-corrected chi connectivity index (χ2v) is 34.1. The third-order valence-electron chi connectivity index (χ3n) is 22.0. The van der Waals surface area contributed by atoms with Gasteiger partial charge in [-0.15, -0.1) is 0 Å². The molecular weight excluding hydrogens is 1830 g/mol. The van der Waals surface area contributed by atoms with Crippen LogP contribution in [-0.2, 0) is 114 Å². The normalized spacial score (nSPS) is 43.9. The molecule has 1 amide bonds. The first-order chi connectivity index (χ1) is 63.0. The minimum absolute atomic E-state index is 0. The quantitative estimate of drug-likeness (QED) is 0.0353. The van der Waals surface area contributed by atoms with Gasteiger partial charge >= 0.3 is 0 Å². The summed E-state index contributed by atoms with van der Waals surface area (Å²) in [6, 6.07) is 0. The van der Waals surface area contributed by atoms with Crippen LogP contribution in [0.25, 0.3) is 0 Å². The van der Waals surface area contributed by atoms with Gasteiger partial charge in [0.25, 0.3) is 0 Å². The number of aliphatic hydroxyl groups is 27. The molecule has 23 fully saturated rings. The predicted molar refractivity (Wildman–Crippen MR) is 447 cm³/mol. The summed E-state index contributed by atoms with van der Waals surface area (Å²) in [5, 5.41) is 293. The number of methoxy groups -OCH3 is 2. The Morgan fingerprint density at radius 2 is 0.541 bits per heavy atom. The molecule has 49 unspecified atom stereocenters. The van der Waals surface area contributed by atoms with Gasteiger partial charge in [-0.25, -0.2) is 0 Å². The van der Waals surface area contributed by atoms with Crippen molar-refractivity contribution in [1.82, 2.24) is 11.5 Å². The lowest BCUT2D eigenvalue weighted by atomic mass is 9.95. The Morgan fingerprint density at radius 1 is 0.341 bits per heavy atom. The standard InChI is InChI=1S/C42H70O35.C17H31NO8.C14H29NO7.C4H6O.2C2H6.H3N/c43-1-8-29-15(50)22(57)36(64-8)72-30-9(2-44)66-38(24(59)17(30)52)74-32-11(4-46)68-40(26(61)19(32)54)76-34-13(6-48)70-42(28(63)21(34)56)77-35-14(7-49)69-41(27(62)20(35)55)75-33-12(5-47)67-39(25(60)18(33)53)73-31-10(3-45)65-37(71-29)23(58)16(31)51;1-7-11(20)18-8-10-14(25-15(23-6)9(2)19)12(21)13(22)16(24-10)26-17(3,4)5;1-7(16)12(19-5)21-11-8(6-15)20-13(10(18)9(11)17)22-14(2,3)4;1-3-4(2)5;2*1-2;/h8-63H,1-7H2;7,9-10,12-16,19,21-22H,1,8H2,2-6H3,(H,18,20);7-13,16-18H,6,15H2,1-5H3;3H,1H2,2H3;2*1-2H3;1H3. The maximum Gasteiger partial charge on any atom is 0.243 e. The van der Waals surface area contributed by atoms with E-state index in [1.165, 1.54) is 41.1 Å². The van der Waals surface area contributed by atoms with Crippen LogP contribution in [0.2, 0.25) is 0 Å². The summed E-state index contributed by atoms with van der Waals surface area (Å²) >= 11 is 0. The highest BCUT2D eigenvalue weighted by molar-refractivity contribution is 5.87. The van der Waals surface area contributed by atoms with E-state index < -0.39 is 364 Å². The molecule has 49 atom stereocenters. The summed E-state index contributed by atoms with van der Waals surface area (Å²) in [5.41, 5.74) is 4.47. The number of nitrogens with two attached hydrogens (primary N) is 1. The summed E-state index contributed by atoms with van der Waals surface area (Å²) in [6.45, 7) is 22.5. The number of ketones is 1. The summed E-state index contributed by atoms with van der Waals surface area (Å²) in [5.74, 6) is -0.412. The molecule has 54 nitrogen and oxygen atoms in total. The minimum Gasteiger partial charge on any atom is -0.394 e. The molecule has 796 valence electrons. The van der Waals surface area contributed by atoms with Gasteiger partial charge in [-0.2, -0.15) is 0 Å². The molecule has 23 rings (SSSR count). The zero-order chi connectivity index (χ0) is 101. The fraction of sp³-hybridized carbons (Fsp3) is 0.926. The van der Waals surface area contributed by atoms with E-state index >= 15 is 0 Å². The van der Waals surface area contributed by atoms with Crippen LogP contribution in [-0.4, -0.2) is 535 Å². The number of ether oxygens (including phenoxy) is 22. The van der Waals surface area contributed by atoms with Gasteiger partial charge in [0, 0.05) is 27.3 Å². The van der Waals surface area contributed by atoms with Crippen molar-refractivity contribution in [2.24, 2.45) is 5.73 Å². The van der Waals surface area contributed by atoms with Crippen molar-refractivity contribution in [2.45, 2.75) is 402 Å². The van der Waals surface area contributed by atoms with E-state index in [0.29, 0.717) is 0 Å². The number of carbonyl (C=O) groups excluding carboxylic acids is 2. The maximum absolute atomic E-state index is 11.5. The monoisotopic (exact) mass is 1980 g/mol. The molecule has 0 aromatic rings. The fourth-order valence-corrected chi connectivity index (χ4v) is 15.1. The molecule has 14 bridgehead atoms. The molecule has 135 heavy (non-hydrogen) atoms. The summed E-state index contributed by atoms with van der Waals surface area (Å²) in [6.07, 6.45) is -82.9. The number of allylic oxidation sites excluding steroid dienone is 1. The zero-order valence-electron chi connectivity index (χ0n) is 77.9. The maximum atomic E-state index is 11.5. The molecule has 33 N–H and O–H groups in total. The third kappa shape index (κ3) is 32.0. The van der Waals surface area contributed by atoms with Gasteiger partial charge in [0.05, 0.1) is 57.5 Å². The summed E-state index contributed by atoms with van der Waals surface area (Å²) in [7, 11) is 2.71. The van der Waals surface area contributed by atoms with Crippen molar-refractivity contribution >= 4 is 11.7 Å². The van der Waals surface area contributed by atoms with E-state index in [0.717, 1.165) is 6.08 Å². The average molecular weight is 1980 g/mol. The van der Waals surface area contributed by atoms with E-state index in [1.807, 2.05) is 48.5 Å². The van der Waals surface area contributed by atoms with Crippen molar-refractivity contribution in [1.29, 1.82) is 0 Å². The van der Waals surface area contributed by atoms with Gasteiger partial charge in [-0.05, 0) is 74.5 Å². The lowest BCUT2D eigenvalue weighted by molar-refractivity contribution is -0.396. The number of nitrogens with one attached hydrogen (secondary N) is 1. The largest absolute Gasteiger partial charge is 0.394 e. The zero-order valence-corrected chi connectivity index (χ0v) is 77.9. The minimum atomic E-state index is -2.21. The van der Waals surface area contributed by atoms with Gasteiger partial charge in [0.15, 0.2) is 75.0 Å². The highest BCUT2D eigenvalue weighted by Gasteiger charge is 2.61. The van der Waals surface area contributed by atoms with Crippen LogP contribution in [0.1, 0.15) is 90.0 Å². The first kappa shape index (κ1) is 124. The van der Waals surface area contributed by atoms with Gasteiger partial charge < -0.3 is 259 Å². The molecule has 0 aromatic carbocycles. The number of hydrogen-bond acceptors (Lipinski definition) is 53. The SMILES string of the molecule is C=CC(=O)NCC1OC(OC(C)(C)C)C(O)C(O)C1OC(OC)C(C)O.C=CC(C)=O.CC.CC.COC(OC1C(CN)OC(OC(C)(C)C)C(O)C1O)C(C)O.N.OCC1OC2OC3C(CO)OC(OC4C(CO)OC(OC5C(CO)OC(OC6C(CO)OC(OC7C(CO)OC(OC8C(CO)OC(OC1C(O)C2O)C(O)C8O)C(O)C7O)C(O)C6O)C(O)C5O)C(O)C4O)C(O)C3O. The molecule has 23 heterocycles. The Bertz CT molecular complexity index is 2960. The van der Waals surface area contributed by atoms with E-state index in [-0.39, 0.29) is 25.0 Å². The van der Waals surface area contributed by atoms with Gasteiger partial charge in [0.1, 0.15) is 232 Å². The highest BCUT2D eigenvalue weighted by atomic mass is 16.8. The highest BCUT2D eigenvalue weighted by Crippen LogP contribution is 2.41. The van der Waals surface area contributed by atoms with Crippen molar-refractivity contribution in [3.63, 3.8) is 0 Å². The Kier molecular flexibility index (Phi) is 52.6. The van der Waals surface area contributed by atoms with Crippen molar-refractivity contribution in [2.75, 3.05) is 73.6 Å². The molecule has 54 heteroatoms. The van der Waals surface area contributed by atoms with Gasteiger partial charge in [-0.1, -0.05) is 40.9 Å². The first-order valence-corrected chi connectivity index (χ1v) is 43.8. The van der Waals surface area contributed by atoms with E-state index in [1.54, 1.807) is 20.8 Å². The van der Waals surface area contributed by atoms with Crippen LogP contribution in [0.5, 0.6) is 0 Å². The van der Waals surface area contributed by atoms with Crippen LogP contribution in [0.3, 0.4) is 0 Å². The Balaban J connectivity index is 0.000000532. The second-order valence-electron chi connectivity index (χ2n) is 34.1.